The van der Waals surface area contributed by atoms with E-state index in [0.29, 0.717) is 11.6 Å². The number of nitrogens with zero attached hydrogens (tertiary/aromatic N) is 3. The van der Waals surface area contributed by atoms with Crippen molar-refractivity contribution in [2.24, 2.45) is 0 Å². The van der Waals surface area contributed by atoms with E-state index in [1.165, 1.54) is 0 Å². The van der Waals surface area contributed by atoms with Crippen LogP contribution >= 0.6 is 0 Å². The van der Waals surface area contributed by atoms with E-state index >= 15 is 0 Å². The molecule has 0 aliphatic rings. The highest BCUT2D eigenvalue weighted by Crippen LogP contribution is 1.89. The lowest BCUT2D eigenvalue weighted by molar-refractivity contribution is -0.564. The molecule has 0 atom stereocenters. The van der Waals surface area contributed by atoms with Gasteiger partial charge in [0.05, 0.1) is 6.20 Å². The topological polar surface area (TPSA) is 71.7 Å². The van der Waals surface area contributed by atoms with Crippen molar-refractivity contribution in [1.82, 2.24) is 15.1 Å². The molecule has 0 aliphatic carbocycles. The molecule has 2 aromatic rings. The Bertz CT molecular complexity index is 352. The maximum Gasteiger partial charge on any atom is 0.408 e. The number of H-pyrrole nitrogens is 1. The minimum Gasteiger partial charge on any atom is -0.333 e. The number of aromatic nitrogens is 4. The average molecular weight is 136 g/mol. The fraction of sp³-hybridized carbons (Fsp3) is 0. The Balaban J connectivity index is 2.95. The highest BCUT2D eigenvalue weighted by Gasteiger charge is 2.04. The van der Waals surface area contributed by atoms with E-state index in [2.05, 4.69) is 15.1 Å². The zero-order valence-corrected chi connectivity index (χ0v) is 5.15. The molecule has 2 heterocycles. The van der Waals surface area contributed by atoms with Gasteiger partial charge in [0, 0.05) is 6.07 Å². The zero-order chi connectivity index (χ0) is 6.97. The van der Waals surface area contributed by atoms with Crippen molar-refractivity contribution in [2.45, 2.75) is 0 Å². The Hall–Kier alpha value is -1.65. The molecule has 10 heavy (non-hydrogen) atoms. The predicted molar refractivity (Wildman–Crippen MR) is 34.0 cm³/mol. The number of rotatable bonds is 0. The molecule has 0 radical (unpaired) electrons. The first-order valence-corrected chi connectivity index (χ1v) is 2.83. The van der Waals surface area contributed by atoms with Crippen molar-refractivity contribution in [2.75, 3.05) is 5.73 Å². The lowest BCUT2D eigenvalue weighted by Gasteiger charge is -1.85. The molecule has 0 saturated carbocycles. The zero-order valence-electron chi connectivity index (χ0n) is 5.15. The monoisotopic (exact) mass is 136 g/mol. The molecular weight excluding hydrogens is 130 g/mol. The van der Waals surface area contributed by atoms with E-state index in [4.69, 9.17) is 5.73 Å². The van der Waals surface area contributed by atoms with Crippen LogP contribution in [-0.2, 0) is 0 Å². The molecule has 0 fully saturated rings. The van der Waals surface area contributed by atoms with Crippen LogP contribution in [-0.4, -0.2) is 15.1 Å². The van der Waals surface area contributed by atoms with Crippen LogP contribution < -0.4 is 10.2 Å². The standard InChI is InChI=1S/C5H5N5/c6-4-1-2-7-5-8-3-9-10(4)5/h1-3H,(H2,6,7,8,9)/p+1. The molecule has 0 saturated heterocycles. The van der Waals surface area contributed by atoms with Gasteiger partial charge in [0.25, 0.3) is 0 Å². The summed E-state index contributed by atoms with van der Waals surface area (Å²) in [6, 6.07) is 1.70. The summed E-state index contributed by atoms with van der Waals surface area (Å²) in [5, 5.41) is 2.81. The van der Waals surface area contributed by atoms with Gasteiger partial charge >= 0.3 is 5.78 Å². The number of nitrogen functional groups attached to an aromatic ring is 1. The number of nitrogens with two attached hydrogens (primary N) is 1. The molecule has 0 spiro atoms. The number of aromatic amines is 1. The highest BCUT2D eigenvalue weighted by molar-refractivity contribution is 5.24. The van der Waals surface area contributed by atoms with Gasteiger partial charge in [0.1, 0.15) is 0 Å². The van der Waals surface area contributed by atoms with Gasteiger partial charge in [0.15, 0.2) is 6.33 Å². The summed E-state index contributed by atoms with van der Waals surface area (Å²) >= 11 is 0. The second-order valence-corrected chi connectivity index (χ2v) is 1.89. The molecule has 0 aromatic carbocycles. The van der Waals surface area contributed by atoms with Crippen LogP contribution in [0, 0.1) is 0 Å². The molecule has 0 amide bonds. The lowest BCUT2D eigenvalue weighted by Crippen LogP contribution is -2.28. The van der Waals surface area contributed by atoms with Crippen LogP contribution in [0.1, 0.15) is 0 Å². The molecule has 0 unspecified atom stereocenters. The largest absolute Gasteiger partial charge is 0.408 e. The van der Waals surface area contributed by atoms with Crippen molar-refractivity contribution < 1.29 is 4.52 Å². The Morgan fingerprint density at radius 1 is 1.50 bits per heavy atom. The first-order valence-electron chi connectivity index (χ1n) is 2.83. The molecule has 0 bridgehead atoms. The normalized spacial score (nSPS) is 10.4. The van der Waals surface area contributed by atoms with Gasteiger partial charge in [-0.05, 0) is 0 Å². The van der Waals surface area contributed by atoms with E-state index in [9.17, 15) is 0 Å². The van der Waals surface area contributed by atoms with Crippen LogP contribution in [0.15, 0.2) is 18.6 Å². The van der Waals surface area contributed by atoms with Gasteiger partial charge in [0.2, 0.25) is 5.82 Å². The molecule has 50 valence electrons. The molecular formula is C5H6N5+. The second kappa shape index (κ2) is 1.66. The third kappa shape index (κ3) is 0.540. The van der Waals surface area contributed by atoms with E-state index in [1.54, 1.807) is 23.1 Å². The summed E-state index contributed by atoms with van der Waals surface area (Å²) in [6.45, 7) is 0. The van der Waals surface area contributed by atoms with Gasteiger partial charge in [-0.2, -0.15) is 0 Å². The van der Waals surface area contributed by atoms with Crippen molar-refractivity contribution in [3.05, 3.63) is 18.6 Å². The van der Waals surface area contributed by atoms with E-state index in [-0.39, 0.29) is 0 Å². The van der Waals surface area contributed by atoms with Gasteiger partial charge in [-0.25, -0.2) is 5.10 Å². The molecule has 0 aliphatic heterocycles. The van der Waals surface area contributed by atoms with Crippen molar-refractivity contribution in [3.63, 3.8) is 0 Å². The molecule has 2 aromatic heterocycles. The number of hydrogen-bond acceptors (Lipinski definition) is 3. The Kier molecular flexibility index (Phi) is 0.858. The molecule has 2 rings (SSSR count). The third-order valence-electron chi connectivity index (χ3n) is 1.26. The lowest BCUT2D eigenvalue weighted by atomic mass is 10.6. The van der Waals surface area contributed by atoms with Crippen molar-refractivity contribution in [1.29, 1.82) is 0 Å². The predicted octanol–water partition coefficient (Wildman–Crippen LogP) is -0.874. The number of fused-ring (bicyclic) bond motifs is 1. The third-order valence-corrected chi connectivity index (χ3v) is 1.26. The minimum absolute atomic E-state index is 0.583. The number of nitrogens with one attached hydrogen (secondary N) is 1. The van der Waals surface area contributed by atoms with Crippen LogP contribution in [0.2, 0.25) is 0 Å². The first-order chi connectivity index (χ1) is 4.88. The Morgan fingerprint density at radius 2 is 2.40 bits per heavy atom. The van der Waals surface area contributed by atoms with Crippen LogP contribution in [0.25, 0.3) is 5.78 Å². The van der Waals surface area contributed by atoms with E-state index < -0.39 is 0 Å². The summed E-state index contributed by atoms with van der Waals surface area (Å²) in [5.41, 5.74) is 5.55. The summed E-state index contributed by atoms with van der Waals surface area (Å²) in [6.07, 6.45) is 3.16. The van der Waals surface area contributed by atoms with Crippen LogP contribution in [0.5, 0.6) is 0 Å². The molecule has 5 nitrogen and oxygen atoms in total. The fourth-order valence-corrected chi connectivity index (χ4v) is 0.796. The first kappa shape index (κ1) is 5.16. The minimum atomic E-state index is 0.583. The van der Waals surface area contributed by atoms with Crippen LogP contribution in [0.4, 0.5) is 5.82 Å². The SMILES string of the molecule is Nc1ccnc2nc[nH][n+]12. The number of hydrogen-bond donors (Lipinski definition) is 2. The summed E-state index contributed by atoms with van der Waals surface area (Å²) in [7, 11) is 0. The van der Waals surface area contributed by atoms with Gasteiger partial charge in [-0.15, -0.1) is 9.50 Å². The molecule has 3 N–H and O–H groups in total. The highest BCUT2D eigenvalue weighted by atomic mass is 15.3. The fourth-order valence-electron chi connectivity index (χ4n) is 0.796. The smallest absolute Gasteiger partial charge is 0.333 e. The molecule has 5 heteroatoms. The van der Waals surface area contributed by atoms with Gasteiger partial charge in [-0.1, -0.05) is 4.98 Å². The summed E-state index contributed by atoms with van der Waals surface area (Å²) in [5.74, 6) is 1.18. The second-order valence-electron chi connectivity index (χ2n) is 1.89. The Morgan fingerprint density at radius 3 is 3.20 bits per heavy atom. The van der Waals surface area contributed by atoms with Crippen LogP contribution in [0.3, 0.4) is 0 Å². The van der Waals surface area contributed by atoms with E-state index in [1.807, 2.05) is 0 Å². The van der Waals surface area contributed by atoms with Gasteiger partial charge in [-0.3, -0.25) is 0 Å². The Labute approximate surface area is 56.5 Å². The van der Waals surface area contributed by atoms with Crippen molar-refractivity contribution in [3.8, 4) is 0 Å². The summed E-state index contributed by atoms with van der Waals surface area (Å²) in [4.78, 5) is 7.84. The maximum absolute atomic E-state index is 5.55. The maximum atomic E-state index is 5.55. The summed E-state index contributed by atoms with van der Waals surface area (Å²) < 4.78 is 1.60. The van der Waals surface area contributed by atoms with Gasteiger partial charge < -0.3 is 5.73 Å². The van der Waals surface area contributed by atoms with Crippen molar-refractivity contribution >= 4 is 11.6 Å². The average Bonchev–Trinajstić information content (AvgIpc) is 2.36. The quantitative estimate of drug-likeness (QED) is 0.462. The van der Waals surface area contributed by atoms with E-state index in [0.717, 1.165) is 0 Å². The number of anilines is 1.